The van der Waals surface area contributed by atoms with Crippen LogP contribution in [-0.4, -0.2) is 5.78 Å². The highest BCUT2D eigenvalue weighted by Crippen LogP contribution is 2.38. The molecule has 0 aromatic carbocycles. The number of hydrogen-bond acceptors (Lipinski definition) is 1. The molecule has 114 valence electrons. The van der Waals surface area contributed by atoms with Gasteiger partial charge < -0.3 is 0 Å². The number of Topliss-reactive ketones (excluding diaryl/α,β-unsaturated/α-hetero) is 1. The highest BCUT2D eigenvalue weighted by molar-refractivity contribution is 5.94. The van der Waals surface area contributed by atoms with Crippen LogP contribution in [0.1, 0.15) is 66.7 Å². The Balaban J connectivity index is 2.75. The van der Waals surface area contributed by atoms with E-state index >= 15 is 0 Å². The Morgan fingerprint density at radius 3 is 2.60 bits per heavy atom. The van der Waals surface area contributed by atoms with Crippen molar-refractivity contribution in [1.82, 2.24) is 0 Å². The van der Waals surface area contributed by atoms with Crippen LogP contribution in [0.5, 0.6) is 0 Å². The average molecular weight is 276 g/mol. The molecule has 0 saturated heterocycles. The Bertz CT molecular complexity index is 375. The summed E-state index contributed by atoms with van der Waals surface area (Å²) in [5.41, 5.74) is 2.32. The summed E-state index contributed by atoms with van der Waals surface area (Å²) >= 11 is 0. The van der Waals surface area contributed by atoms with E-state index in [0.29, 0.717) is 29.7 Å². The monoisotopic (exact) mass is 276 g/mol. The zero-order chi connectivity index (χ0) is 15.3. The molecule has 0 spiro atoms. The third-order valence-corrected chi connectivity index (χ3v) is 4.78. The van der Waals surface area contributed by atoms with E-state index in [-0.39, 0.29) is 5.78 Å². The smallest absolute Gasteiger partial charge is 0.157 e. The van der Waals surface area contributed by atoms with Crippen molar-refractivity contribution in [2.45, 2.75) is 66.7 Å². The summed E-state index contributed by atoms with van der Waals surface area (Å²) in [5.74, 6) is 2.95. The normalized spacial score (nSPS) is 24.4. The highest BCUT2D eigenvalue weighted by atomic mass is 16.1. The quantitative estimate of drug-likeness (QED) is 0.439. The Labute approximate surface area is 125 Å². The molecule has 0 heterocycles. The van der Waals surface area contributed by atoms with Crippen molar-refractivity contribution in [2.75, 3.05) is 0 Å². The second-order valence-electron chi connectivity index (χ2n) is 7.04. The van der Waals surface area contributed by atoms with Crippen molar-refractivity contribution in [3.63, 3.8) is 0 Å². The number of carbonyl (C=O) groups is 1. The molecule has 3 atom stereocenters. The number of rotatable bonds is 7. The first kappa shape index (κ1) is 17.2. The Morgan fingerprint density at radius 2 is 2.10 bits per heavy atom. The number of allylic oxidation sites excluding steroid dienone is 3. The topological polar surface area (TPSA) is 17.1 Å². The van der Waals surface area contributed by atoms with Gasteiger partial charge in [-0.3, -0.25) is 4.79 Å². The molecule has 1 rings (SSSR count). The van der Waals surface area contributed by atoms with Gasteiger partial charge in [0.1, 0.15) is 0 Å². The molecule has 0 aromatic rings. The Kier molecular flexibility index (Phi) is 6.71. The summed E-state index contributed by atoms with van der Waals surface area (Å²) in [6, 6.07) is 0. The van der Waals surface area contributed by atoms with E-state index < -0.39 is 0 Å². The van der Waals surface area contributed by atoms with Crippen LogP contribution in [0.4, 0.5) is 0 Å². The number of carbonyl (C=O) groups excluding carboxylic acids is 1. The fraction of sp³-hybridized carbons (Fsp3) is 0.737. The van der Waals surface area contributed by atoms with Crippen LogP contribution >= 0.6 is 0 Å². The third kappa shape index (κ3) is 4.92. The van der Waals surface area contributed by atoms with Gasteiger partial charge in [0.25, 0.3) is 0 Å². The molecule has 0 fully saturated rings. The van der Waals surface area contributed by atoms with E-state index in [1.165, 1.54) is 19.3 Å². The van der Waals surface area contributed by atoms with Crippen LogP contribution in [0, 0.1) is 23.7 Å². The molecule has 1 aliphatic carbocycles. The minimum Gasteiger partial charge on any atom is -0.295 e. The molecular weight excluding hydrogens is 244 g/mol. The third-order valence-electron chi connectivity index (χ3n) is 4.78. The van der Waals surface area contributed by atoms with Gasteiger partial charge in [0.05, 0.1) is 0 Å². The second kappa shape index (κ2) is 7.81. The summed E-state index contributed by atoms with van der Waals surface area (Å²) < 4.78 is 0. The van der Waals surface area contributed by atoms with Gasteiger partial charge in [-0.15, -0.1) is 0 Å². The maximum Gasteiger partial charge on any atom is 0.157 e. The van der Waals surface area contributed by atoms with Crippen LogP contribution < -0.4 is 0 Å². The lowest BCUT2D eigenvalue weighted by atomic mass is 9.71. The van der Waals surface area contributed by atoms with Crippen LogP contribution in [0.15, 0.2) is 23.8 Å². The molecule has 0 aliphatic heterocycles. The summed E-state index contributed by atoms with van der Waals surface area (Å²) in [5, 5.41) is 0. The summed E-state index contributed by atoms with van der Waals surface area (Å²) in [4.78, 5) is 11.8. The highest BCUT2D eigenvalue weighted by Gasteiger charge is 2.28. The maximum atomic E-state index is 11.8. The molecule has 3 unspecified atom stereocenters. The van der Waals surface area contributed by atoms with Crippen molar-refractivity contribution >= 4 is 5.78 Å². The molecule has 20 heavy (non-hydrogen) atoms. The predicted octanol–water partition coefficient (Wildman–Crippen LogP) is 5.57. The first-order chi connectivity index (χ1) is 9.35. The molecule has 1 heteroatoms. The standard InChI is InChI=1S/C19H32O/c1-7-16-10-15(6)11-17(12-16)18(13(2)3)8-9-19(20)14(4)5/h12-13,15,17-18H,4,7-11H2,1-3,5-6H3. The van der Waals surface area contributed by atoms with Crippen molar-refractivity contribution in [3.8, 4) is 0 Å². The second-order valence-corrected chi connectivity index (χ2v) is 7.04. The summed E-state index contributed by atoms with van der Waals surface area (Å²) in [6.07, 6.45) is 7.93. The maximum absolute atomic E-state index is 11.8. The van der Waals surface area contributed by atoms with Crippen LogP contribution in [0.2, 0.25) is 0 Å². The van der Waals surface area contributed by atoms with Crippen LogP contribution in [0.25, 0.3) is 0 Å². The minimum absolute atomic E-state index is 0.235. The molecule has 0 radical (unpaired) electrons. The Hall–Kier alpha value is -0.850. The number of ketones is 1. The van der Waals surface area contributed by atoms with Crippen LogP contribution in [0.3, 0.4) is 0 Å². The molecule has 0 aromatic heterocycles. The van der Waals surface area contributed by atoms with Gasteiger partial charge >= 0.3 is 0 Å². The lowest BCUT2D eigenvalue weighted by Gasteiger charge is -2.34. The van der Waals surface area contributed by atoms with Gasteiger partial charge in [0.2, 0.25) is 0 Å². The van der Waals surface area contributed by atoms with E-state index in [9.17, 15) is 4.79 Å². The van der Waals surface area contributed by atoms with Crippen molar-refractivity contribution in [3.05, 3.63) is 23.8 Å². The van der Waals surface area contributed by atoms with E-state index in [2.05, 4.69) is 40.3 Å². The molecule has 1 nitrogen and oxygen atoms in total. The fourth-order valence-corrected chi connectivity index (χ4v) is 3.55. The van der Waals surface area contributed by atoms with Gasteiger partial charge in [0.15, 0.2) is 5.78 Å². The van der Waals surface area contributed by atoms with Gasteiger partial charge in [-0.1, -0.05) is 45.9 Å². The SMILES string of the molecule is C=C(C)C(=O)CCC(C(C)C)C1C=C(CC)CC(C)C1. The Morgan fingerprint density at radius 1 is 1.45 bits per heavy atom. The first-order valence-electron chi connectivity index (χ1n) is 8.23. The molecular formula is C19H32O. The zero-order valence-corrected chi connectivity index (χ0v) is 14.0. The van der Waals surface area contributed by atoms with E-state index in [0.717, 1.165) is 12.3 Å². The summed E-state index contributed by atoms with van der Waals surface area (Å²) in [7, 11) is 0. The first-order valence-corrected chi connectivity index (χ1v) is 8.23. The van der Waals surface area contributed by atoms with Crippen molar-refractivity contribution < 1.29 is 4.79 Å². The fourth-order valence-electron chi connectivity index (χ4n) is 3.55. The van der Waals surface area contributed by atoms with E-state index in [1.807, 2.05) is 6.92 Å². The molecule has 0 bridgehead atoms. The van der Waals surface area contributed by atoms with Crippen LogP contribution in [-0.2, 0) is 4.79 Å². The molecule has 0 saturated carbocycles. The van der Waals surface area contributed by atoms with Gasteiger partial charge in [0, 0.05) is 6.42 Å². The van der Waals surface area contributed by atoms with Crippen molar-refractivity contribution in [2.24, 2.45) is 23.7 Å². The molecule has 0 amide bonds. The average Bonchev–Trinajstić information content (AvgIpc) is 2.37. The largest absolute Gasteiger partial charge is 0.295 e. The van der Waals surface area contributed by atoms with Gasteiger partial charge in [-0.2, -0.15) is 0 Å². The van der Waals surface area contributed by atoms with E-state index in [1.54, 1.807) is 5.57 Å². The number of hydrogen-bond donors (Lipinski definition) is 0. The lowest BCUT2D eigenvalue weighted by Crippen LogP contribution is -2.25. The van der Waals surface area contributed by atoms with Crippen molar-refractivity contribution in [1.29, 1.82) is 0 Å². The minimum atomic E-state index is 0.235. The molecule has 0 N–H and O–H groups in total. The predicted molar refractivity (Wildman–Crippen MR) is 87.6 cm³/mol. The lowest BCUT2D eigenvalue weighted by molar-refractivity contribution is -0.115. The molecule has 1 aliphatic rings. The van der Waals surface area contributed by atoms with E-state index in [4.69, 9.17) is 0 Å². The van der Waals surface area contributed by atoms with Gasteiger partial charge in [-0.25, -0.2) is 0 Å². The zero-order valence-electron chi connectivity index (χ0n) is 14.0. The van der Waals surface area contributed by atoms with Gasteiger partial charge in [-0.05, 0) is 61.9 Å². The summed E-state index contributed by atoms with van der Waals surface area (Å²) in [6.45, 7) is 14.8.